The first-order chi connectivity index (χ1) is 11.3. The summed E-state index contributed by atoms with van der Waals surface area (Å²) in [6.45, 7) is 6.91. The van der Waals surface area contributed by atoms with E-state index in [1.807, 2.05) is 68.4 Å². The van der Waals surface area contributed by atoms with Crippen LogP contribution in [0.4, 0.5) is 17.1 Å². The molecule has 0 aromatic heterocycles. The second kappa shape index (κ2) is 5.86. The van der Waals surface area contributed by atoms with Gasteiger partial charge in [-0.1, -0.05) is 12.1 Å². The summed E-state index contributed by atoms with van der Waals surface area (Å²) in [5.41, 5.74) is 4.74. The molecule has 0 spiro atoms. The molecule has 0 saturated heterocycles. The van der Waals surface area contributed by atoms with Crippen LogP contribution < -0.4 is 15.1 Å². The maximum atomic E-state index is 13.2. The predicted octanol–water partition coefficient (Wildman–Crippen LogP) is 3.91. The van der Waals surface area contributed by atoms with Gasteiger partial charge in [-0.25, -0.2) is 0 Å². The summed E-state index contributed by atoms with van der Waals surface area (Å²) in [5.74, 6) is 0.0467. The molecule has 1 N–H and O–H groups in total. The van der Waals surface area contributed by atoms with Crippen molar-refractivity contribution in [1.82, 2.24) is 0 Å². The monoisotopic (exact) mass is 323 g/mol. The summed E-state index contributed by atoms with van der Waals surface area (Å²) in [7, 11) is 4.03. The Morgan fingerprint density at radius 1 is 1.17 bits per heavy atom. The van der Waals surface area contributed by atoms with Gasteiger partial charge in [0.05, 0.1) is 11.4 Å². The number of rotatable bonds is 2. The highest BCUT2D eigenvalue weighted by Crippen LogP contribution is 2.35. The zero-order valence-corrected chi connectivity index (χ0v) is 15.1. The molecule has 0 atom stereocenters. The molecule has 0 bridgehead atoms. The van der Waals surface area contributed by atoms with E-state index in [4.69, 9.17) is 0 Å². The third-order valence-electron chi connectivity index (χ3n) is 4.39. The Morgan fingerprint density at radius 2 is 1.88 bits per heavy atom. The van der Waals surface area contributed by atoms with Gasteiger partial charge in [0.15, 0.2) is 0 Å². The van der Waals surface area contributed by atoms with Crippen LogP contribution in [0, 0.1) is 6.92 Å². The summed E-state index contributed by atoms with van der Waals surface area (Å²) in [6, 6.07) is 13.9. The second-order valence-corrected chi connectivity index (χ2v) is 7.31. The highest BCUT2D eigenvalue weighted by molar-refractivity contribution is 6.08. The van der Waals surface area contributed by atoms with Crippen LogP contribution in [0.5, 0.6) is 0 Å². The van der Waals surface area contributed by atoms with Gasteiger partial charge in [0, 0.05) is 37.4 Å². The van der Waals surface area contributed by atoms with Crippen molar-refractivity contribution in [1.29, 1.82) is 0 Å². The first kappa shape index (κ1) is 16.4. The highest BCUT2D eigenvalue weighted by Gasteiger charge is 2.33. The number of hydrogen-bond donors (Lipinski definition) is 1. The van der Waals surface area contributed by atoms with Gasteiger partial charge in [-0.05, 0) is 56.7 Å². The SMILES string of the molecule is Cc1cc(C(=O)N2CC(C)(C)Nc3ccccc32)ccc1N(C)C. The van der Waals surface area contributed by atoms with E-state index in [0.29, 0.717) is 6.54 Å². The molecule has 4 nitrogen and oxygen atoms in total. The van der Waals surface area contributed by atoms with Crippen LogP contribution in [-0.2, 0) is 0 Å². The maximum Gasteiger partial charge on any atom is 0.258 e. The normalized spacial score (nSPS) is 15.5. The van der Waals surface area contributed by atoms with Crippen LogP contribution in [0.1, 0.15) is 29.8 Å². The Morgan fingerprint density at radius 3 is 2.54 bits per heavy atom. The van der Waals surface area contributed by atoms with Crippen molar-refractivity contribution in [3.8, 4) is 0 Å². The third kappa shape index (κ3) is 2.96. The summed E-state index contributed by atoms with van der Waals surface area (Å²) >= 11 is 0. The fraction of sp³-hybridized carbons (Fsp3) is 0.350. The van der Waals surface area contributed by atoms with E-state index in [9.17, 15) is 4.79 Å². The fourth-order valence-electron chi connectivity index (χ4n) is 3.33. The Kier molecular flexibility index (Phi) is 3.99. The van der Waals surface area contributed by atoms with Crippen molar-refractivity contribution in [2.24, 2.45) is 0 Å². The van der Waals surface area contributed by atoms with Crippen molar-refractivity contribution in [3.63, 3.8) is 0 Å². The number of anilines is 3. The molecule has 4 heteroatoms. The molecule has 24 heavy (non-hydrogen) atoms. The number of aryl methyl sites for hydroxylation is 1. The topological polar surface area (TPSA) is 35.6 Å². The summed E-state index contributed by atoms with van der Waals surface area (Å²) < 4.78 is 0. The van der Waals surface area contributed by atoms with Gasteiger partial charge in [0.2, 0.25) is 0 Å². The Hall–Kier alpha value is -2.49. The lowest BCUT2D eigenvalue weighted by Gasteiger charge is -2.41. The van der Waals surface area contributed by atoms with Crippen LogP contribution in [0.25, 0.3) is 0 Å². The zero-order chi connectivity index (χ0) is 17.5. The second-order valence-electron chi connectivity index (χ2n) is 7.31. The lowest BCUT2D eigenvalue weighted by atomic mass is 9.98. The van der Waals surface area contributed by atoms with Crippen LogP contribution in [0.2, 0.25) is 0 Å². The lowest BCUT2D eigenvalue weighted by Crippen LogP contribution is -2.50. The van der Waals surface area contributed by atoms with Gasteiger partial charge in [-0.15, -0.1) is 0 Å². The molecule has 0 fully saturated rings. The number of carbonyl (C=O) groups excluding carboxylic acids is 1. The van der Waals surface area contributed by atoms with E-state index in [1.54, 1.807) is 0 Å². The third-order valence-corrected chi connectivity index (χ3v) is 4.39. The van der Waals surface area contributed by atoms with Crippen LogP contribution in [-0.4, -0.2) is 32.1 Å². The summed E-state index contributed by atoms with van der Waals surface area (Å²) in [6.07, 6.45) is 0. The van der Waals surface area contributed by atoms with Crippen molar-refractivity contribution < 1.29 is 4.79 Å². The van der Waals surface area contributed by atoms with Crippen LogP contribution >= 0.6 is 0 Å². The molecule has 1 aliphatic rings. The van der Waals surface area contributed by atoms with Crippen molar-refractivity contribution in [2.45, 2.75) is 26.3 Å². The molecule has 2 aromatic rings. The number of nitrogens with zero attached hydrogens (tertiary/aromatic N) is 2. The van der Waals surface area contributed by atoms with Crippen molar-refractivity contribution in [3.05, 3.63) is 53.6 Å². The molecular formula is C20H25N3O. The fourth-order valence-corrected chi connectivity index (χ4v) is 3.33. The first-order valence-electron chi connectivity index (χ1n) is 8.25. The van der Waals surface area contributed by atoms with Gasteiger partial charge in [0.25, 0.3) is 5.91 Å². The van der Waals surface area contributed by atoms with Gasteiger partial charge in [-0.3, -0.25) is 4.79 Å². The number of carbonyl (C=O) groups is 1. The molecule has 0 aliphatic carbocycles. The zero-order valence-electron chi connectivity index (χ0n) is 15.1. The Labute approximate surface area is 144 Å². The largest absolute Gasteiger partial charge is 0.377 e. The van der Waals surface area contributed by atoms with Crippen LogP contribution in [0.3, 0.4) is 0 Å². The molecule has 2 aromatic carbocycles. The van der Waals surface area contributed by atoms with Gasteiger partial charge in [-0.2, -0.15) is 0 Å². The number of benzene rings is 2. The average Bonchev–Trinajstić information content (AvgIpc) is 2.52. The van der Waals surface area contributed by atoms with Gasteiger partial charge >= 0.3 is 0 Å². The molecule has 1 aliphatic heterocycles. The number of fused-ring (bicyclic) bond motifs is 1. The Balaban J connectivity index is 1.99. The van der Waals surface area contributed by atoms with Crippen molar-refractivity contribution >= 4 is 23.0 Å². The molecule has 0 saturated carbocycles. The molecule has 0 unspecified atom stereocenters. The van der Waals surface area contributed by atoms with E-state index in [2.05, 4.69) is 24.1 Å². The predicted molar refractivity (Wildman–Crippen MR) is 101 cm³/mol. The maximum absolute atomic E-state index is 13.2. The minimum absolute atomic E-state index is 0.0467. The molecule has 1 heterocycles. The highest BCUT2D eigenvalue weighted by atomic mass is 16.2. The molecule has 126 valence electrons. The molecular weight excluding hydrogens is 298 g/mol. The summed E-state index contributed by atoms with van der Waals surface area (Å²) in [4.78, 5) is 17.1. The van der Waals surface area contributed by atoms with Crippen molar-refractivity contribution in [2.75, 3.05) is 35.8 Å². The van der Waals surface area contributed by atoms with Crippen LogP contribution in [0.15, 0.2) is 42.5 Å². The number of hydrogen-bond acceptors (Lipinski definition) is 3. The average molecular weight is 323 g/mol. The standard InChI is InChI=1S/C20H25N3O/c1-14-12-15(10-11-17(14)22(4)5)19(24)23-13-20(2,3)21-16-8-6-7-9-18(16)23/h6-12,21H,13H2,1-5H3. The quantitative estimate of drug-likeness (QED) is 0.910. The minimum Gasteiger partial charge on any atom is -0.377 e. The van der Waals surface area contributed by atoms with E-state index >= 15 is 0 Å². The molecule has 3 rings (SSSR count). The summed E-state index contributed by atoms with van der Waals surface area (Å²) in [5, 5.41) is 3.51. The van der Waals surface area contributed by atoms with E-state index in [1.165, 1.54) is 0 Å². The van der Waals surface area contributed by atoms with E-state index in [0.717, 1.165) is 28.2 Å². The first-order valence-corrected chi connectivity index (χ1v) is 8.25. The van der Waals surface area contributed by atoms with E-state index < -0.39 is 0 Å². The number of para-hydroxylation sites is 2. The lowest BCUT2D eigenvalue weighted by molar-refractivity contribution is 0.0981. The van der Waals surface area contributed by atoms with Gasteiger partial charge in [0.1, 0.15) is 0 Å². The van der Waals surface area contributed by atoms with Gasteiger partial charge < -0.3 is 15.1 Å². The molecule has 1 amide bonds. The number of nitrogens with one attached hydrogen (secondary N) is 1. The smallest absolute Gasteiger partial charge is 0.258 e. The Bertz CT molecular complexity index is 780. The number of amides is 1. The molecule has 0 radical (unpaired) electrons. The minimum atomic E-state index is -0.164. The van der Waals surface area contributed by atoms with E-state index in [-0.39, 0.29) is 11.4 Å².